The molecule has 0 saturated carbocycles. The Morgan fingerprint density at radius 2 is 2.05 bits per heavy atom. The molecule has 1 aromatic heterocycles. The minimum Gasteiger partial charge on any atom is -0.364 e. The second kappa shape index (κ2) is 6.53. The van der Waals surface area contributed by atoms with Crippen LogP contribution in [-0.2, 0) is 4.79 Å². The number of carbonyl (C=O) groups excluding carboxylic acids is 2. The van der Waals surface area contributed by atoms with Crippen molar-refractivity contribution in [1.82, 2.24) is 4.98 Å². The number of rotatable bonds is 5. The van der Waals surface area contributed by atoms with Gasteiger partial charge in [-0.3, -0.25) is 9.59 Å². The second-order valence-corrected chi connectivity index (χ2v) is 5.96. The van der Waals surface area contributed by atoms with Crippen molar-refractivity contribution in [3.05, 3.63) is 40.9 Å². The number of nitrogens with two attached hydrogens (primary N) is 1. The lowest BCUT2D eigenvalue weighted by Crippen LogP contribution is -2.15. The first kappa shape index (κ1) is 14.5. The number of aromatic nitrogens is 1. The second-order valence-electron chi connectivity index (χ2n) is 4.05. The minimum atomic E-state index is -0.601. The highest BCUT2D eigenvalue weighted by Gasteiger charge is 2.09. The Labute approximate surface area is 124 Å². The van der Waals surface area contributed by atoms with Crippen molar-refractivity contribution in [2.45, 2.75) is 11.8 Å². The Morgan fingerprint density at radius 3 is 2.65 bits per heavy atom. The lowest BCUT2D eigenvalue weighted by Gasteiger charge is -2.02. The van der Waals surface area contributed by atoms with Crippen molar-refractivity contribution in [2.24, 2.45) is 5.73 Å². The summed E-state index contributed by atoms with van der Waals surface area (Å²) in [6.07, 6.45) is 0. The van der Waals surface area contributed by atoms with E-state index in [4.69, 9.17) is 5.73 Å². The molecule has 2 aromatic rings. The average molecular weight is 307 g/mol. The van der Waals surface area contributed by atoms with Gasteiger partial charge in [0.15, 0.2) is 5.13 Å². The van der Waals surface area contributed by atoms with Crippen molar-refractivity contribution < 1.29 is 9.59 Å². The number of hydrogen-bond acceptors (Lipinski definition) is 5. The summed E-state index contributed by atoms with van der Waals surface area (Å²) in [7, 11) is 0. The first-order valence-electron chi connectivity index (χ1n) is 5.79. The van der Waals surface area contributed by atoms with Gasteiger partial charge in [-0.15, -0.1) is 23.1 Å². The van der Waals surface area contributed by atoms with E-state index in [1.54, 1.807) is 0 Å². The summed E-state index contributed by atoms with van der Waals surface area (Å²) < 4.78 is 0. The number of primary amides is 1. The summed E-state index contributed by atoms with van der Waals surface area (Å²) in [5.41, 5.74) is 6.44. The van der Waals surface area contributed by atoms with Crippen LogP contribution in [0.4, 0.5) is 5.13 Å². The van der Waals surface area contributed by atoms with Crippen molar-refractivity contribution in [3.8, 4) is 0 Å². The molecule has 20 heavy (non-hydrogen) atoms. The fraction of sp³-hybridized carbons (Fsp3) is 0.154. The van der Waals surface area contributed by atoms with Gasteiger partial charge in [0.2, 0.25) is 5.91 Å². The van der Waals surface area contributed by atoms with E-state index in [-0.39, 0.29) is 17.4 Å². The molecule has 2 amide bonds. The molecule has 0 atom stereocenters. The van der Waals surface area contributed by atoms with Gasteiger partial charge in [0.25, 0.3) is 5.91 Å². The molecule has 2 rings (SSSR count). The molecular formula is C13H13N3O2S2. The maximum Gasteiger partial charge on any atom is 0.268 e. The number of benzene rings is 1. The first-order chi connectivity index (χ1) is 9.54. The Kier molecular flexibility index (Phi) is 4.75. The molecule has 0 bridgehead atoms. The number of nitrogens with one attached hydrogen (secondary N) is 1. The van der Waals surface area contributed by atoms with Crippen LogP contribution in [0.25, 0.3) is 0 Å². The number of nitrogens with zero attached hydrogens (tertiary/aromatic N) is 1. The van der Waals surface area contributed by atoms with Crippen LogP contribution < -0.4 is 11.1 Å². The zero-order chi connectivity index (χ0) is 14.5. The zero-order valence-electron chi connectivity index (χ0n) is 10.8. The molecule has 0 aliphatic rings. The topological polar surface area (TPSA) is 85.1 Å². The van der Waals surface area contributed by atoms with Crippen molar-refractivity contribution >= 4 is 40.0 Å². The van der Waals surface area contributed by atoms with Crippen LogP contribution in [0.2, 0.25) is 0 Å². The molecule has 1 heterocycles. The highest BCUT2D eigenvalue weighted by Crippen LogP contribution is 2.19. The molecule has 0 fully saturated rings. The third kappa shape index (κ3) is 4.07. The van der Waals surface area contributed by atoms with Crippen LogP contribution in [0.15, 0.2) is 34.5 Å². The SMILES string of the molecule is Cc1ccc(SCC(=O)Nc2nc(C(N)=O)cs2)cc1. The van der Waals surface area contributed by atoms with Crippen LogP contribution in [-0.4, -0.2) is 22.6 Å². The molecule has 5 nitrogen and oxygen atoms in total. The first-order valence-corrected chi connectivity index (χ1v) is 7.66. The Hall–Kier alpha value is -1.86. The van der Waals surface area contributed by atoms with E-state index in [1.165, 1.54) is 34.0 Å². The number of thioether (sulfide) groups is 1. The maximum atomic E-state index is 11.8. The standard InChI is InChI=1S/C13H13N3O2S2/c1-8-2-4-9(5-3-8)19-7-11(17)16-13-15-10(6-20-13)12(14)18/h2-6H,7H2,1H3,(H2,14,18)(H,15,16,17). The molecule has 104 valence electrons. The van der Waals surface area contributed by atoms with Gasteiger partial charge in [-0.05, 0) is 19.1 Å². The fourth-order valence-corrected chi connectivity index (χ4v) is 2.80. The van der Waals surface area contributed by atoms with Crippen LogP contribution in [0, 0.1) is 6.92 Å². The van der Waals surface area contributed by atoms with E-state index in [1.807, 2.05) is 31.2 Å². The number of carbonyl (C=O) groups is 2. The maximum absolute atomic E-state index is 11.8. The molecule has 0 unspecified atom stereocenters. The number of thiazole rings is 1. The summed E-state index contributed by atoms with van der Waals surface area (Å²) in [5, 5.41) is 4.54. The van der Waals surface area contributed by atoms with Crippen LogP contribution >= 0.6 is 23.1 Å². The highest BCUT2D eigenvalue weighted by atomic mass is 32.2. The monoisotopic (exact) mass is 307 g/mol. The third-order valence-corrected chi connectivity index (χ3v) is 4.16. The predicted octanol–water partition coefficient (Wildman–Crippen LogP) is 2.28. The summed E-state index contributed by atoms with van der Waals surface area (Å²) >= 11 is 2.62. The van der Waals surface area contributed by atoms with Crippen LogP contribution in [0.5, 0.6) is 0 Å². The summed E-state index contributed by atoms with van der Waals surface area (Å²) in [5.74, 6) is -0.481. The van der Waals surface area contributed by atoms with Crippen LogP contribution in [0.3, 0.4) is 0 Å². The summed E-state index contributed by atoms with van der Waals surface area (Å²) in [4.78, 5) is 27.6. The van der Waals surface area contributed by atoms with Gasteiger partial charge in [0, 0.05) is 10.3 Å². The van der Waals surface area contributed by atoms with E-state index >= 15 is 0 Å². The number of amides is 2. The van der Waals surface area contributed by atoms with Gasteiger partial charge < -0.3 is 11.1 Å². The van der Waals surface area contributed by atoms with Gasteiger partial charge in [-0.2, -0.15) is 0 Å². The molecule has 0 aliphatic carbocycles. The normalized spacial score (nSPS) is 10.2. The quantitative estimate of drug-likeness (QED) is 0.830. The average Bonchev–Trinajstić information content (AvgIpc) is 2.87. The summed E-state index contributed by atoms with van der Waals surface area (Å²) in [6.45, 7) is 2.01. The lowest BCUT2D eigenvalue weighted by atomic mass is 10.2. The minimum absolute atomic E-state index is 0.163. The van der Waals surface area contributed by atoms with Crippen molar-refractivity contribution in [2.75, 3.05) is 11.1 Å². The van der Waals surface area contributed by atoms with Crippen LogP contribution in [0.1, 0.15) is 16.1 Å². The van der Waals surface area contributed by atoms with Gasteiger partial charge in [0.1, 0.15) is 5.69 Å². The Balaban J connectivity index is 1.85. The molecule has 0 saturated heterocycles. The molecule has 3 N–H and O–H groups in total. The third-order valence-electron chi connectivity index (χ3n) is 2.39. The van der Waals surface area contributed by atoms with E-state index in [2.05, 4.69) is 10.3 Å². The van der Waals surface area contributed by atoms with E-state index in [0.717, 1.165) is 4.90 Å². The number of hydrogen-bond donors (Lipinski definition) is 2. The number of anilines is 1. The lowest BCUT2D eigenvalue weighted by molar-refractivity contribution is -0.113. The van der Waals surface area contributed by atoms with E-state index in [0.29, 0.717) is 5.13 Å². The smallest absolute Gasteiger partial charge is 0.268 e. The predicted molar refractivity (Wildman–Crippen MR) is 81.2 cm³/mol. The Morgan fingerprint density at radius 1 is 1.35 bits per heavy atom. The van der Waals surface area contributed by atoms with Crippen molar-refractivity contribution in [1.29, 1.82) is 0 Å². The Bertz CT molecular complexity index is 623. The fourth-order valence-electron chi connectivity index (χ4n) is 1.38. The highest BCUT2D eigenvalue weighted by molar-refractivity contribution is 8.00. The van der Waals surface area contributed by atoms with Gasteiger partial charge in [0.05, 0.1) is 5.75 Å². The number of aryl methyl sites for hydroxylation is 1. The zero-order valence-corrected chi connectivity index (χ0v) is 12.4. The van der Waals surface area contributed by atoms with Gasteiger partial charge in [-0.25, -0.2) is 4.98 Å². The van der Waals surface area contributed by atoms with Gasteiger partial charge >= 0.3 is 0 Å². The van der Waals surface area contributed by atoms with E-state index in [9.17, 15) is 9.59 Å². The molecule has 0 spiro atoms. The largest absolute Gasteiger partial charge is 0.364 e. The molecule has 1 aromatic carbocycles. The molecule has 7 heteroatoms. The molecule has 0 aliphatic heterocycles. The molecular weight excluding hydrogens is 294 g/mol. The van der Waals surface area contributed by atoms with Gasteiger partial charge in [-0.1, -0.05) is 17.7 Å². The van der Waals surface area contributed by atoms with Crippen molar-refractivity contribution in [3.63, 3.8) is 0 Å². The molecule has 0 radical (unpaired) electrons. The summed E-state index contributed by atoms with van der Waals surface area (Å²) in [6, 6.07) is 7.95. The van der Waals surface area contributed by atoms with E-state index < -0.39 is 5.91 Å².